The van der Waals surface area contributed by atoms with E-state index in [2.05, 4.69) is 260 Å². The monoisotopic (exact) mass is 1120 g/mol. The maximum atomic E-state index is 6.77. The average molecular weight is 1120 g/mol. The Morgan fingerprint density at radius 1 is 0.542 bits per heavy atom. The Balaban J connectivity index is 0.00000640. The molecular weight excluding hydrogens is 1060 g/mol. The predicted octanol–water partition coefficient (Wildman–Crippen LogP) is 16.3. The molecule has 0 bridgehead atoms. The second kappa shape index (κ2) is 19.7. The van der Waals surface area contributed by atoms with Crippen LogP contribution >= 0.6 is 0 Å². The molecule has 0 aliphatic heterocycles. The molecule has 72 heavy (non-hydrogen) atoms. The Morgan fingerprint density at radius 2 is 1.14 bits per heavy atom. The molecule has 0 aliphatic carbocycles. The molecule has 0 amide bonds. The second-order valence-corrected chi connectivity index (χ2v) is 21.8. The Labute approximate surface area is 441 Å². The van der Waals surface area contributed by atoms with Crippen LogP contribution in [0.3, 0.4) is 0 Å². The van der Waals surface area contributed by atoms with Gasteiger partial charge in [0.2, 0.25) is 0 Å². The van der Waals surface area contributed by atoms with Gasteiger partial charge in [-0.3, -0.25) is 4.57 Å². The third kappa shape index (κ3) is 9.41. The average Bonchev–Trinajstić information content (AvgIpc) is 3.96. The number of fused-ring (bicyclic) bond motifs is 3. The summed E-state index contributed by atoms with van der Waals surface area (Å²) in [6.45, 7) is 25.1. The van der Waals surface area contributed by atoms with Gasteiger partial charge in [0.05, 0.1) is 11.4 Å². The standard InChI is InChI=1S/C66H64N4O.Pt/c1-44(2)55-29-20-30-56(45(3)4)63(55)61-42-68(43-69(61)52-27-18-25-49(37-52)65(8,9)46-21-14-12-15-22-46)51-26-19-28-53(40-51)71-54-32-33-57-58-38-48(64(5,6)7)31-34-59(58)70(60(57)41-54)62-39-50(35-36-67-62)66(10,11)47-23-16-13-17-24-47;/h12-39,42,44-45H,1-11H3;/q-2;. The van der Waals surface area contributed by atoms with E-state index in [1.165, 1.54) is 44.5 Å². The normalized spacial score (nSPS) is 12.2. The first-order valence-electron chi connectivity index (χ1n) is 25.1. The third-order valence-corrected chi connectivity index (χ3v) is 14.6. The maximum absolute atomic E-state index is 6.77. The molecule has 0 fully saturated rings. The van der Waals surface area contributed by atoms with Crippen molar-refractivity contribution in [3.05, 3.63) is 234 Å². The summed E-state index contributed by atoms with van der Waals surface area (Å²) in [7, 11) is 0. The summed E-state index contributed by atoms with van der Waals surface area (Å²) in [6, 6.07) is 65.8. The van der Waals surface area contributed by atoms with E-state index in [-0.39, 0.29) is 37.3 Å². The van der Waals surface area contributed by atoms with E-state index < -0.39 is 0 Å². The quantitative estimate of drug-likeness (QED) is 0.0903. The molecule has 6 heteroatoms. The van der Waals surface area contributed by atoms with Crippen molar-refractivity contribution in [3.8, 4) is 39.9 Å². The van der Waals surface area contributed by atoms with Gasteiger partial charge in [0.1, 0.15) is 5.82 Å². The first-order chi connectivity index (χ1) is 34.0. The zero-order valence-corrected chi connectivity index (χ0v) is 45.7. The van der Waals surface area contributed by atoms with Gasteiger partial charge in [0.25, 0.3) is 6.33 Å². The second-order valence-electron chi connectivity index (χ2n) is 21.8. The van der Waals surface area contributed by atoms with Crippen molar-refractivity contribution < 1.29 is 30.4 Å². The number of imidazole rings is 1. The van der Waals surface area contributed by atoms with E-state index in [0.29, 0.717) is 23.3 Å². The molecule has 10 aromatic rings. The van der Waals surface area contributed by atoms with Crippen LogP contribution in [-0.4, -0.2) is 14.1 Å². The van der Waals surface area contributed by atoms with Gasteiger partial charge in [-0.25, -0.2) is 4.98 Å². The van der Waals surface area contributed by atoms with Crippen molar-refractivity contribution in [2.75, 3.05) is 0 Å². The molecule has 0 aliphatic rings. The molecule has 0 radical (unpaired) electrons. The molecule has 3 heterocycles. The van der Waals surface area contributed by atoms with Crippen LogP contribution in [0.5, 0.6) is 11.5 Å². The fraction of sp³-hybridized carbons (Fsp3) is 0.242. The molecular formula is C66H64N4OPt-2. The summed E-state index contributed by atoms with van der Waals surface area (Å²) in [4.78, 5) is 5.02. The van der Waals surface area contributed by atoms with Crippen LogP contribution in [-0.2, 0) is 37.3 Å². The molecule has 10 rings (SSSR count). The van der Waals surface area contributed by atoms with Crippen molar-refractivity contribution in [1.29, 1.82) is 0 Å². The fourth-order valence-corrected chi connectivity index (χ4v) is 10.2. The van der Waals surface area contributed by atoms with Crippen molar-refractivity contribution in [3.63, 3.8) is 0 Å². The van der Waals surface area contributed by atoms with Crippen molar-refractivity contribution >= 4 is 21.8 Å². The predicted molar refractivity (Wildman–Crippen MR) is 292 cm³/mol. The maximum Gasteiger partial charge on any atom is 0.267 e. The molecule has 0 saturated heterocycles. The van der Waals surface area contributed by atoms with Crippen LogP contribution in [0.1, 0.15) is 127 Å². The smallest absolute Gasteiger partial charge is 0.267 e. The molecule has 0 saturated carbocycles. The fourth-order valence-electron chi connectivity index (χ4n) is 10.2. The van der Waals surface area contributed by atoms with Crippen molar-refractivity contribution in [1.82, 2.24) is 14.1 Å². The zero-order valence-electron chi connectivity index (χ0n) is 43.4. The molecule has 0 spiro atoms. The number of nitrogens with zero attached hydrogens (tertiary/aromatic N) is 4. The Kier molecular flexibility index (Phi) is 13.7. The van der Waals surface area contributed by atoms with Crippen LogP contribution in [0.15, 0.2) is 176 Å². The molecule has 7 aromatic carbocycles. The molecule has 0 atom stereocenters. The number of ether oxygens (including phenoxy) is 1. The number of hydrogen-bond donors (Lipinski definition) is 0. The Bertz CT molecular complexity index is 3530. The van der Waals surface area contributed by atoms with Crippen LogP contribution in [0.2, 0.25) is 0 Å². The van der Waals surface area contributed by atoms with Gasteiger partial charge >= 0.3 is 0 Å². The SMILES string of the molecule is CC(C)c1cccc(C(C)C)c1-c1cn(-c2[c-]c(Oc3[c-]c4c(cc3)c3cc(C(C)(C)C)ccc3n4-c3cc(C(C)(C)c4ccccc4)ccn3)ccc2)[c-][n+]1-c1cccc(C(C)(C)c2ccccc2)c1.[Pt]. The van der Waals surface area contributed by atoms with Crippen LogP contribution in [0, 0.1) is 18.5 Å². The molecule has 0 unspecified atom stereocenters. The number of aromatic nitrogens is 4. The van der Waals surface area contributed by atoms with Crippen LogP contribution in [0.25, 0.3) is 50.3 Å². The van der Waals surface area contributed by atoms with E-state index >= 15 is 0 Å². The Hall–Kier alpha value is -6.81. The summed E-state index contributed by atoms with van der Waals surface area (Å²) in [5, 5.41) is 2.24. The minimum Gasteiger partial charge on any atom is -0.510 e. The van der Waals surface area contributed by atoms with Gasteiger partial charge in [0.15, 0.2) is 0 Å². The van der Waals surface area contributed by atoms with Gasteiger partial charge in [-0.05, 0) is 103 Å². The van der Waals surface area contributed by atoms with E-state index in [1.54, 1.807) is 0 Å². The molecule has 5 nitrogen and oxygen atoms in total. The summed E-state index contributed by atoms with van der Waals surface area (Å²) in [5.74, 6) is 2.61. The number of rotatable bonds is 12. The van der Waals surface area contributed by atoms with E-state index in [0.717, 1.165) is 44.7 Å². The largest absolute Gasteiger partial charge is 0.510 e. The summed E-state index contributed by atoms with van der Waals surface area (Å²) >= 11 is 0. The van der Waals surface area contributed by atoms with Gasteiger partial charge in [0, 0.05) is 61.3 Å². The van der Waals surface area contributed by atoms with Gasteiger partial charge in [-0.15, -0.1) is 29.7 Å². The summed E-state index contributed by atoms with van der Waals surface area (Å²) in [6.07, 6.45) is 7.93. The summed E-state index contributed by atoms with van der Waals surface area (Å²) < 4.78 is 13.3. The number of benzene rings is 7. The minimum atomic E-state index is -0.245. The molecule has 0 N–H and O–H groups in total. The topological polar surface area (TPSA) is 35.9 Å². The van der Waals surface area contributed by atoms with E-state index in [1.807, 2.05) is 24.4 Å². The third-order valence-electron chi connectivity index (χ3n) is 14.6. The van der Waals surface area contributed by atoms with Crippen molar-refractivity contribution in [2.24, 2.45) is 0 Å². The number of pyridine rings is 1. The zero-order chi connectivity index (χ0) is 49.8. The van der Waals surface area contributed by atoms with Crippen LogP contribution < -0.4 is 9.30 Å². The van der Waals surface area contributed by atoms with Crippen LogP contribution in [0.4, 0.5) is 0 Å². The first-order valence-corrected chi connectivity index (χ1v) is 25.1. The van der Waals surface area contributed by atoms with Gasteiger partial charge in [-0.2, -0.15) is 18.2 Å². The van der Waals surface area contributed by atoms with Gasteiger partial charge < -0.3 is 13.9 Å². The number of hydrogen-bond acceptors (Lipinski definition) is 2. The minimum absolute atomic E-state index is 0. The Morgan fingerprint density at radius 3 is 1.78 bits per heavy atom. The van der Waals surface area contributed by atoms with E-state index in [4.69, 9.17) is 9.72 Å². The first kappa shape index (κ1) is 50.1. The molecule has 366 valence electrons. The summed E-state index contributed by atoms with van der Waals surface area (Å²) in [5.41, 5.74) is 14.4. The van der Waals surface area contributed by atoms with Gasteiger partial charge in [-0.1, -0.05) is 185 Å². The van der Waals surface area contributed by atoms with E-state index in [9.17, 15) is 0 Å². The van der Waals surface area contributed by atoms with Crippen molar-refractivity contribution in [2.45, 2.75) is 104 Å². The molecule has 3 aromatic heterocycles.